The van der Waals surface area contributed by atoms with E-state index < -0.39 is 0 Å². The molecular weight excluding hydrogens is 705 g/mol. The number of nitrogens with zero attached hydrogens (tertiary/aromatic N) is 4. The molecule has 0 saturated carbocycles. The Morgan fingerprint density at radius 1 is 0.395 bits per heavy atom. The topological polar surface area (TPSA) is 35.6 Å². The van der Waals surface area contributed by atoms with E-state index in [0.29, 0.717) is 0 Å². The Balaban J connectivity index is 0.000000150. The monoisotopic (exact) mass is 731 g/mol. The minimum atomic E-state index is 0. The Hall–Kier alpha value is -5.09. The molecule has 0 N–H and O–H groups in total. The zero-order valence-corrected chi connectivity index (χ0v) is 25.5. The summed E-state index contributed by atoms with van der Waals surface area (Å²) in [6.07, 6.45) is 0. The largest absolute Gasteiger partial charge is 3.00 e. The normalized spacial score (nSPS) is 10.6. The van der Waals surface area contributed by atoms with Crippen LogP contribution in [0.1, 0.15) is 0 Å². The summed E-state index contributed by atoms with van der Waals surface area (Å²) in [6, 6.07) is 59.5. The molecule has 0 spiro atoms. The van der Waals surface area contributed by atoms with Crippen molar-refractivity contribution in [2.24, 2.45) is 0 Å². The van der Waals surface area contributed by atoms with Crippen molar-refractivity contribution in [3.05, 3.63) is 170 Å². The number of hydrogen-bond acceptors (Lipinski definition) is 2. The molecule has 0 aliphatic rings. The molecule has 206 valence electrons. The summed E-state index contributed by atoms with van der Waals surface area (Å²) in [7, 11) is 0. The first kappa shape index (κ1) is 28.0. The Morgan fingerprint density at radius 2 is 0.744 bits per heavy atom. The minimum Gasteiger partial charge on any atom is -0.348 e. The van der Waals surface area contributed by atoms with Crippen molar-refractivity contribution in [2.45, 2.75) is 0 Å². The second-order valence-electron chi connectivity index (χ2n) is 9.75. The van der Waals surface area contributed by atoms with Crippen LogP contribution in [0.5, 0.6) is 0 Å². The van der Waals surface area contributed by atoms with Gasteiger partial charge >= 0.3 is 20.1 Å². The number of para-hydroxylation sites is 4. The standard InChI is InChI=1S/2C19H13N2.Ir/c2*1-3-9-15(10-4-1)19-20-17-13-7-8-14-18(17)21(19)16-11-5-2-6-12-16;/h2*1-12,14H;/q2*-1;+3. The van der Waals surface area contributed by atoms with E-state index >= 15 is 0 Å². The van der Waals surface area contributed by atoms with Gasteiger partial charge < -0.3 is 9.13 Å². The molecule has 5 heteroatoms. The quantitative estimate of drug-likeness (QED) is 0.170. The Bertz CT molecular complexity index is 1910. The molecule has 0 radical (unpaired) electrons. The summed E-state index contributed by atoms with van der Waals surface area (Å²) in [5.74, 6) is 1.89. The van der Waals surface area contributed by atoms with Crippen LogP contribution in [-0.4, -0.2) is 19.1 Å². The maximum atomic E-state index is 4.77. The zero-order chi connectivity index (χ0) is 28.1. The molecule has 0 aliphatic heterocycles. The van der Waals surface area contributed by atoms with Crippen LogP contribution < -0.4 is 0 Å². The molecule has 8 aromatic rings. The fourth-order valence-corrected chi connectivity index (χ4v) is 5.16. The van der Waals surface area contributed by atoms with Gasteiger partial charge in [0.25, 0.3) is 0 Å². The predicted molar refractivity (Wildman–Crippen MR) is 171 cm³/mol. The van der Waals surface area contributed by atoms with Crippen molar-refractivity contribution in [1.82, 2.24) is 19.1 Å². The average Bonchev–Trinajstić information content (AvgIpc) is 3.66. The smallest absolute Gasteiger partial charge is 0.348 e. The van der Waals surface area contributed by atoms with Gasteiger partial charge in [0, 0.05) is 22.5 Å². The molecule has 4 nitrogen and oxygen atoms in total. The van der Waals surface area contributed by atoms with Gasteiger partial charge in [-0.05, 0) is 46.3 Å². The summed E-state index contributed by atoms with van der Waals surface area (Å²) >= 11 is 0. The molecule has 0 unspecified atom stereocenters. The Labute approximate surface area is 264 Å². The van der Waals surface area contributed by atoms with Crippen molar-refractivity contribution >= 4 is 22.1 Å². The van der Waals surface area contributed by atoms with E-state index in [0.717, 1.165) is 56.2 Å². The van der Waals surface area contributed by atoms with Crippen LogP contribution >= 0.6 is 0 Å². The van der Waals surface area contributed by atoms with Gasteiger partial charge in [0.05, 0.1) is 0 Å². The van der Waals surface area contributed by atoms with E-state index in [9.17, 15) is 0 Å². The second kappa shape index (κ2) is 12.8. The Kier molecular flexibility index (Phi) is 8.37. The summed E-state index contributed by atoms with van der Waals surface area (Å²) < 4.78 is 4.36. The molecule has 0 saturated heterocycles. The molecule has 0 bridgehead atoms. The van der Waals surface area contributed by atoms with Gasteiger partial charge in [0.2, 0.25) is 0 Å². The molecule has 43 heavy (non-hydrogen) atoms. The van der Waals surface area contributed by atoms with Crippen LogP contribution in [0.4, 0.5) is 0 Å². The van der Waals surface area contributed by atoms with Crippen LogP contribution in [0.15, 0.2) is 158 Å². The fourth-order valence-electron chi connectivity index (χ4n) is 5.16. The third-order valence-corrected chi connectivity index (χ3v) is 7.06. The van der Waals surface area contributed by atoms with Gasteiger partial charge in [-0.2, -0.15) is 36.4 Å². The third-order valence-electron chi connectivity index (χ3n) is 7.06. The maximum Gasteiger partial charge on any atom is 3.00 e. The average molecular weight is 731 g/mol. The van der Waals surface area contributed by atoms with E-state index in [-0.39, 0.29) is 20.1 Å². The Morgan fingerprint density at radius 3 is 1.12 bits per heavy atom. The molecule has 0 atom stereocenters. The summed E-state index contributed by atoms with van der Waals surface area (Å²) in [4.78, 5) is 9.53. The summed E-state index contributed by atoms with van der Waals surface area (Å²) in [5.41, 5.74) is 8.35. The molecule has 0 fully saturated rings. The van der Waals surface area contributed by atoms with E-state index in [1.54, 1.807) is 0 Å². The van der Waals surface area contributed by atoms with Crippen LogP contribution in [0, 0.1) is 12.1 Å². The SMILES string of the molecule is [Ir+3].[c-]1cccc2c1nc(-c1ccccc1)n2-c1ccccc1.[c-]1cccc2c1nc(-c1ccccc1)n2-c1ccccc1. The number of hydrogen-bond donors (Lipinski definition) is 0. The van der Waals surface area contributed by atoms with E-state index in [4.69, 9.17) is 9.97 Å². The zero-order valence-electron chi connectivity index (χ0n) is 23.1. The number of fused-ring (bicyclic) bond motifs is 2. The first-order chi connectivity index (χ1) is 20.9. The first-order valence-corrected chi connectivity index (χ1v) is 13.9. The van der Waals surface area contributed by atoms with Crippen molar-refractivity contribution in [3.63, 3.8) is 0 Å². The first-order valence-electron chi connectivity index (χ1n) is 13.9. The van der Waals surface area contributed by atoms with Gasteiger partial charge in [0.1, 0.15) is 11.6 Å². The van der Waals surface area contributed by atoms with Crippen molar-refractivity contribution < 1.29 is 20.1 Å². The van der Waals surface area contributed by atoms with Gasteiger partial charge in [-0.3, -0.25) is 9.97 Å². The van der Waals surface area contributed by atoms with E-state index in [2.05, 4.69) is 81.9 Å². The number of benzene rings is 6. The molecule has 0 aliphatic carbocycles. The number of imidazole rings is 2. The molecule has 6 aromatic carbocycles. The maximum absolute atomic E-state index is 4.77. The molecule has 2 aromatic heterocycles. The molecular formula is C38H26IrN4+. The van der Waals surface area contributed by atoms with Gasteiger partial charge in [0.15, 0.2) is 0 Å². The second-order valence-corrected chi connectivity index (χ2v) is 9.75. The van der Waals surface area contributed by atoms with Crippen LogP contribution in [0.25, 0.3) is 56.2 Å². The van der Waals surface area contributed by atoms with Crippen molar-refractivity contribution in [2.75, 3.05) is 0 Å². The van der Waals surface area contributed by atoms with Crippen LogP contribution in [0.3, 0.4) is 0 Å². The van der Waals surface area contributed by atoms with Gasteiger partial charge in [-0.15, -0.1) is 12.1 Å². The van der Waals surface area contributed by atoms with Crippen LogP contribution in [0.2, 0.25) is 0 Å². The molecule has 2 heterocycles. The third kappa shape index (κ3) is 5.69. The van der Waals surface area contributed by atoms with Crippen LogP contribution in [-0.2, 0) is 20.1 Å². The number of rotatable bonds is 4. The van der Waals surface area contributed by atoms with E-state index in [1.807, 2.05) is 97.1 Å². The van der Waals surface area contributed by atoms with Crippen molar-refractivity contribution in [3.8, 4) is 34.2 Å². The van der Waals surface area contributed by atoms with Gasteiger partial charge in [-0.1, -0.05) is 97.1 Å². The minimum absolute atomic E-state index is 0. The van der Waals surface area contributed by atoms with Crippen molar-refractivity contribution in [1.29, 1.82) is 0 Å². The van der Waals surface area contributed by atoms with E-state index in [1.165, 1.54) is 0 Å². The molecule has 8 rings (SSSR count). The number of aromatic nitrogens is 4. The fraction of sp³-hybridized carbons (Fsp3) is 0. The van der Waals surface area contributed by atoms with Gasteiger partial charge in [-0.25, -0.2) is 0 Å². The summed E-state index contributed by atoms with van der Waals surface area (Å²) in [5, 5.41) is 0. The summed E-state index contributed by atoms with van der Waals surface area (Å²) in [6.45, 7) is 0. The molecule has 0 amide bonds. The predicted octanol–water partition coefficient (Wildman–Crippen LogP) is 8.98.